The average molecular weight is 285 g/mol. The van der Waals surface area contributed by atoms with Crippen LogP contribution < -0.4 is 4.43 Å². The van der Waals surface area contributed by atoms with Crippen LogP contribution in [0.1, 0.15) is 12.6 Å². The van der Waals surface area contributed by atoms with Gasteiger partial charge in [-0.25, -0.2) is 4.99 Å². The van der Waals surface area contributed by atoms with Crippen molar-refractivity contribution in [3.8, 4) is 5.75 Å². The van der Waals surface area contributed by atoms with Crippen LogP contribution in [0, 0.1) is 0 Å². The minimum atomic E-state index is -1.66. The van der Waals surface area contributed by atoms with Crippen molar-refractivity contribution in [2.45, 2.75) is 26.6 Å². The van der Waals surface area contributed by atoms with Crippen LogP contribution in [0.4, 0.5) is 5.69 Å². The van der Waals surface area contributed by atoms with Crippen LogP contribution in [0.2, 0.25) is 19.6 Å². The Hall–Kier alpha value is -2.01. The summed E-state index contributed by atoms with van der Waals surface area (Å²) in [6.45, 7) is 8.39. The predicted molar refractivity (Wildman–Crippen MR) is 84.3 cm³/mol. The molecule has 0 spiro atoms. The first kappa shape index (κ1) is 14.4. The van der Waals surface area contributed by atoms with Crippen LogP contribution >= 0.6 is 0 Å². The monoisotopic (exact) mass is 285 g/mol. The van der Waals surface area contributed by atoms with Gasteiger partial charge in [0.15, 0.2) is 0 Å². The van der Waals surface area contributed by atoms with Gasteiger partial charge in [-0.15, -0.1) is 0 Å². The van der Waals surface area contributed by atoms with E-state index in [2.05, 4.69) is 34.6 Å². The minimum Gasteiger partial charge on any atom is -0.543 e. The molecule has 104 valence electrons. The Morgan fingerprint density at radius 1 is 1.15 bits per heavy atom. The zero-order chi connectivity index (χ0) is 14.6. The lowest BCUT2D eigenvalue weighted by atomic mass is 10.2. The second-order valence-electron chi connectivity index (χ2n) is 5.47. The molecule has 1 aromatic carbocycles. The molecule has 1 aromatic heterocycles. The molecule has 5 heteroatoms. The summed E-state index contributed by atoms with van der Waals surface area (Å²) < 4.78 is 6.07. The van der Waals surface area contributed by atoms with Crippen molar-refractivity contribution in [2.24, 2.45) is 4.99 Å². The van der Waals surface area contributed by atoms with Gasteiger partial charge < -0.3 is 4.43 Å². The number of aromatic nitrogens is 2. The fourth-order valence-corrected chi connectivity index (χ4v) is 2.52. The zero-order valence-corrected chi connectivity index (χ0v) is 13.3. The van der Waals surface area contributed by atoms with Crippen molar-refractivity contribution in [1.29, 1.82) is 0 Å². The van der Waals surface area contributed by atoms with E-state index in [4.69, 9.17) is 4.43 Å². The number of benzene rings is 1. The Balaban J connectivity index is 2.34. The second kappa shape index (κ2) is 5.96. The fraction of sp³-hybridized carbons (Fsp3) is 0.267. The molecule has 0 aliphatic rings. The Morgan fingerprint density at radius 3 is 2.55 bits per heavy atom. The highest BCUT2D eigenvalue weighted by atomic mass is 28.4. The summed E-state index contributed by atoms with van der Waals surface area (Å²) in [5.74, 6) is 0.829. The molecule has 0 aliphatic heterocycles. The maximum absolute atomic E-state index is 6.07. The standard InChI is InChI=1S/C15H19N3OSi/c1-12(14-11-16-9-10-17-14)18-13-7-5-6-8-15(13)19-20(2,3)4/h5-11H,1-4H3. The maximum atomic E-state index is 6.07. The molecule has 0 fully saturated rings. The van der Waals surface area contributed by atoms with E-state index in [1.54, 1.807) is 18.6 Å². The van der Waals surface area contributed by atoms with E-state index in [-0.39, 0.29) is 0 Å². The first-order chi connectivity index (χ1) is 9.46. The van der Waals surface area contributed by atoms with Gasteiger partial charge in [-0.1, -0.05) is 12.1 Å². The van der Waals surface area contributed by atoms with Gasteiger partial charge in [-0.05, 0) is 38.7 Å². The van der Waals surface area contributed by atoms with E-state index in [9.17, 15) is 0 Å². The molecule has 20 heavy (non-hydrogen) atoms. The van der Waals surface area contributed by atoms with E-state index < -0.39 is 8.32 Å². The molecule has 0 atom stereocenters. The molecular weight excluding hydrogens is 266 g/mol. The van der Waals surface area contributed by atoms with Crippen molar-refractivity contribution < 1.29 is 4.43 Å². The lowest BCUT2D eigenvalue weighted by Gasteiger charge is -2.20. The molecule has 4 nitrogen and oxygen atoms in total. The van der Waals surface area contributed by atoms with Crippen molar-refractivity contribution in [3.05, 3.63) is 48.5 Å². The molecule has 2 rings (SSSR count). The SMILES string of the molecule is CC(=Nc1ccccc1O[Si](C)(C)C)c1cnccn1. The van der Waals surface area contributed by atoms with Crippen LogP contribution in [0.5, 0.6) is 5.75 Å². The Labute approximate surface area is 120 Å². The third-order valence-corrected chi connectivity index (χ3v) is 3.34. The van der Waals surface area contributed by atoms with Crippen LogP contribution in [0.15, 0.2) is 47.8 Å². The summed E-state index contributed by atoms with van der Waals surface area (Å²) in [6, 6.07) is 7.84. The van der Waals surface area contributed by atoms with Crippen LogP contribution in [0.3, 0.4) is 0 Å². The first-order valence-corrected chi connectivity index (χ1v) is 9.96. The van der Waals surface area contributed by atoms with Gasteiger partial charge in [-0.3, -0.25) is 9.97 Å². The summed E-state index contributed by atoms with van der Waals surface area (Å²) in [7, 11) is -1.66. The van der Waals surface area contributed by atoms with Crippen molar-refractivity contribution >= 4 is 19.7 Å². The Kier molecular flexibility index (Phi) is 4.29. The first-order valence-electron chi connectivity index (χ1n) is 6.55. The topological polar surface area (TPSA) is 47.4 Å². The van der Waals surface area contributed by atoms with E-state index in [1.165, 1.54) is 0 Å². The van der Waals surface area contributed by atoms with Gasteiger partial charge in [0.2, 0.25) is 8.32 Å². The van der Waals surface area contributed by atoms with E-state index in [1.807, 2.05) is 31.2 Å². The average Bonchev–Trinajstić information content (AvgIpc) is 2.40. The largest absolute Gasteiger partial charge is 0.543 e. The molecule has 0 aliphatic carbocycles. The van der Waals surface area contributed by atoms with Crippen LogP contribution in [-0.4, -0.2) is 24.0 Å². The van der Waals surface area contributed by atoms with Gasteiger partial charge in [-0.2, -0.15) is 0 Å². The number of aliphatic imine (C=N–C) groups is 1. The summed E-state index contributed by atoms with van der Waals surface area (Å²) in [4.78, 5) is 12.9. The summed E-state index contributed by atoms with van der Waals surface area (Å²) in [6.07, 6.45) is 5.03. The third kappa shape index (κ3) is 3.99. The summed E-state index contributed by atoms with van der Waals surface area (Å²) >= 11 is 0. The van der Waals surface area contributed by atoms with Crippen molar-refractivity contribution in [1.82, 2.24) is 9.97 Å². The summed E-state index contributed by atoms with van der Waals surface area (Å²) in [5.41, 5.74) is 2.43. The number of hydrogen-bond donors (Lipinski definition) is 0. The molecule has 0 radical (unpaired) electrons. The number of rotatable bonds is 4. The maximum Gasteiger partial charge on any atom is 0.242 e. The van der Waals surface area contributed by atoms with Crippen LogP contribution in [0.25, 0.3) is 0 Å². The molecular formula is C15H19N3OSi. The summed E-state index contributed by atoms with van der Waals surface area (Å²) in [5, 5.41) is 0. The Bertz CT molecular complexity index is 606. The van der Waals surface area contributed by atoms with Gasteiger partial charge in [0, 0.05) is 12.4 Å². The molecule has 0 N–H and O–H groups in total. The van der Waals surface area contributed by atoms with Gasteiger partial charge in [0.05, 0.1) is 11.9 Å². The van der Waals surface area contributed by atoms with E-state index >= 15 is 0 Å². The highest BCUT2D eigenvalue weighted by Crippen LogP contribution is 2.29. The lowest BCUT2D eigenvalue weighted by molar-refractivity contribution is 0.559. The van der Waals surface area contributed by atoms with Gasteiger partial charge >= 0.3 is 0 Å². The molecule has 0 unspecified atom stereocenters. The number of nitrogens with zero attached hydrogens (tertiary/aromatic N) is 3. The lowest BCUT2D eigenvalue weighted by Crippen LogP contribution is -2.29. The molecule has 0 amide bonds. The Morgan fingerprint density at radius 2 is 1.90 bits per heavy atom. The van der Waals surface area contributed by atoms with Crippen molar-refractivity contribution in [3.63, 3.8) is 0 Å². The smallest absolute Gasteiger partial charge is 0.242 e. The van der Waals surface area contributed by atoms with Gasteiger partial charge in [0.25, 0.3) is 0 Å². The number of hydrogen-bond acceptors (Lipinski definition) is 4. The van der Waals surface area contributed by atoms with Crippen molar-refractivity contribution in [2.75, 3.05) is 0 Å². The third-order valence-electron chi connectivity index (χ3n) is 2.50. The predicted octanol–water partition coefficient (Wildman–Crippen LogP) is 3.83. The normalized spacial score (nSPS) is 12.3. The van der Waals surface area contributed by atoms with E-state index in [0.29, 0.717) is 0 Å². The molecule has 0 bridgehead atoms. The number of para-hydroxylation sites is 2. The minimum absolute atomic E-state index is 0.773. The highest BCUT2D eigenvalue weighted by molar-refractivity contribution is 6.70. The van der Waals surface area contributed by atoms with Gasteiger partial charge in [0.1, 0.15) is 17.1 Å². The van der Waals surface area contributed by atoms with Crippen LogP contribution in [-0.2, 0) is 0 Å². The molecule has 2 aromatic rings. The molecule has 0 saturated heterocycles. The van der Waals surface area contributed by atoms with E-state index in [0.717, 1.165) is 22.8 Å². The quantitative estimate of drug-likeness (QED) is 0.633. The fourth-order valence-electron chi connectivity index (χ4n) is 1.69. The highest BCUT2D eigenvalue weighted by Gasteiger charge is 2.18. The molecule has 0 saturated carbocycles. The second-order valence-corrected chi connectivity index (χ2v) is 9.90. The zero-order valence-electron chi connectivity index (χ0n) is 12.3. The molecule has 1 heterocycles.